The number of hydrogen-bond donors (Lipinski definition) is 0. The van der Waals surface area contributed by atoms with Crippen LogP contribution in [-0.2, 0) is 0 Å². The van der Waals surface area contributed by atoms with E-state index in [0.717, 1.165) is 18.9 Å². The van der Waals surface area contributed by atoms with Gasteiger partial charge in [0.15, 0.2) is 0 Å². The summed E-state index contributed by atoms with van der Waals surface area (Å²) in [5.41, 5.74) is 0. The lowest BCUT2D eigenvalue weighted by molar-refractivity contribution is 0.198. The maximum atomic E-state index is 4.45. The van der Waals surface area contributed by atoms with Crippen LogP contribution >= 0.6 is 0 Å². The van der Waals surface area contributed by atoms with E-state index in [0.29, 0.717) is 0 Å². The molecular formula is C17H28N4. The van der Waals surface area contributed by atoms with Gasteiger partial charge in [-0.25, -0.2) is 4.98 Å². The van der Waals surface area contributed by atoms with E-state index in [9.17, 15) is 0 Å². The first kappa shape index (κ1) is 14.8. The van der Waals surface area contributed by atoms with Crippen molar-refractivity contribution in [2.75, 3.05) is 57.3 Å². The molecule has 0 atom stereocenters. The summed E-state index contributed by atoms with van der Waals surface area (Å²) in [6.07, 6.45) is 7.46. The fraction of sp³-hybridized carbons (Fsp3) is 0.706. The molecule has 0 spiro atoms. The van der Waals surface area contributed by atoms with Crippen molar-refractivity contribution in [1.29, 1.82) is 0 Å². The predicted octanol–water partition coefficient (Wildman–Crippen LogP) is 2.08. The molecule has 0 saturated carbocycles. The average Bonchev–Trinajstić information content (AvgIpc) is 2.57. The van der Waals surface area contributed by atoms with Gasteiger partial charge in [-0.15, -0.1) is 0 Å². The number of pyridine rings is 1. The predicted molar refractivity (Wildman–Crippen MR) is 87.8 cm³/mol. The van der Waals surface area contributed by atoms with Crippen molar-refractivity contribution in [3.63, 3.8) is 0 Å². The minimum atomic E-state index is 1.11. The van der Waals surface area contributed by atoms with Gasteiger partial charge in [0.1, 0.15) is 5.82 Å². The summed E-state index contributed by atoms with van der Waals surface area (Å²) in [7, 11) is 0. The number of piperazine rings is 1. The average molecular weight is 288 g/mol. The summed E-state index contributed by atoms with van der Waals surface area (Å²) in [6, 6.07) is 6.18. The monoisotopic (exact) mass is 288 g/mol. The van der Waals surface area contributed by atoms with Gasteiger partial charge < -0.3 is 9.80 Å². The van der Waals surface area contributed by atoms with E-state index < -0.39 is 0 Å². The van der Waals surface area contributed by atoms with Crippen molar-refractivity contribution >= 4 is 5.82 Å². The fourth-order valence-corrected chi connectivity index (χ4v) is 3.44. The summed E-state index contributed by atoms with van der Waals surface area (Å²) >= 11 is 0. The first-order valence-electron chi connectivity index (χ1n) is 8.52. The van der Waals surface area contributed by atoms with E-state index in [1.54, 1.807) is 0 Å². The molecule has 1 aromatic heterocycles. The summed E-state index contributed by atoms with van der Waals surface area (Å²) in [5.74, 6) is 1.13. The number of anilines is 1. The lowest BCUT2D eigenvalue weighted by Crippen LogP contribution is -2.47. The third kappa shape index (κ3) is 4.42. The first-order valence-corrected chi connectivity index (χ1v) is 8.52. The first-order chi connectivity index (χ1) is 10.4. The van der Waals surface area contributed by atoms with Crippen molar-refractivity contribution in [2.24, 2.45) is 0 Å². The van der Waals surface area contributed by atoms with E-state index in [1.807, 2.05) is 12.3 Å². The minimum absolute atomic E-state index is 1.11. The van der Waals surface area contributed by atoms with Gasteiger partial charge in [-0.05, 0) is 57.6 Å². The Morgan fingerprint density at radius 1 is 0.810 bits per heavy atom. The van der Waals surface area contributed by atoms with Crippen molar-refractivity contribution in [3.05, 3.63) is 24.4 Å². The van der Waals surface area contributed by atoms with E-state index in [2.05, 4.69) is 31.8 Å². The summed E-state index contributed by atoms with van der Waals surface area (Å²) < 4.78 is 0. The highest BCUT2D eigenvalue weighted by atomic mass is 15.3. The van der Waals surface area contributed by atoms with E-state index in [4.69, 9.17) is 0 Å². The topological polar surface area (TPSA) is 22.6 Å². The van der Waals surface area contributed by atoms with Crippen LogP contribution in [0.3, 0.4) is 0 Å². The SMILES string of the molecule is c1ccc(N2CCN(CCCN3CCCCC3)CC2)nc1. The second-order valence-corrected chi connectivity index (χ2v) is 6.27. The largest absolute Gasteiger partial charge is 0.354 e. The highest BCUT2D eigenvalue weighted by Crippen LogP contribution is 2.13. The molecule has 4 heteroatoms. The van der Waals surface area contributed by atoms with Crippen LogP contribution in [0.4, 0.5) is 5.82 Å². The molecule has 116 valence electrons. The summed E-state index contributed by atoms with van der Waals surface area (Å²) in [5, 5.41) is 0. The second kappa shape index (κ2) is 7.76. The smallest absolute Gasteiger partial charge is 0.128 e. The quantitative estimate of drug-likeness (QED) is 0.827. The number of piperidine rings is 1. The van der Waals surface area contributed by atoms with Crippen LogP contribution in [0.5, 0.6) is 0 Å². The maximum absolute atomic E-state index is 4.45. The zero-order valence-electron chi connectivity index (χ0n) is 13.1. The van der Waals surface area contributed by atoms with Crippen LogP contribution in [0.25, 0.3) is 0 Å². The van der Waals surface area contributed by atoms with Gasteiger partial charge in [-0.3, -0.25) is 4.90 Å². The standard InChI is InChI=1S/C17H28N4/c1-4-9-19(10-5-1)11-6-12-20-13-15-21(16-14-20)17-7-2-3-8-18-17/h2-3,7-8H,1,4-6,9-16H2. The number of aromatic nitrogens is 1. The Bertz CT molecular complexity index is 395. The third-order valence-corrected chi connectivity index (χ3v) is 4.74. The maximum Gasteiger partial charge on any atom is 0.128 e. The van der Waals surface area contributed by atoms with Crippen LogP contribution < -0.4 is 4.90 Å². The molecule has 21 heavy (non-hydrogen) atoms. The number of nitrogens with zero attached hydrogens (tertiary/aromatic N) is 4. The van der Waals surface area contributed by atoms with Gasteiger partial charge >= 0.3 is 0 Å². The molecule has 0 N–H and O–H groups in total. The lowest BCUT2D eigenvalue weighted by Gasteiger charge is -2.36. The summed E-state index contributed by atoms with van der Waals surface area (Å²) in [6.45, 7) is 9.78. The molecule has 2 fully saturated rings. The molecule has 2 aliphatic rings. The van der Waals surface area contributed by atoms with Crippen molar-refractivity contribution in [2.45, 2.75) is 25.7 Å². The molecule has 0 aromatic carbocycles. The van der Waals surface area contributed by atoms with Gasteiger partial charge in [0, 0.05) is 32.4 Å². The van der Waals surface area contributed by atoms with Gasteiger partial charge in [-0.1, -0.05) is 12.5 Å². The molecule has 3 rings (SSSR count). The minimum Gasteiger partial charge on any atom is -0.354 e. The molecule has 2 aliphatic heterocycles. The van der Waals surface area contributed by atoms with Crippen LogP contribution in [-0.4, -0.2) is 67.1 Å². The Hall–Kier alpha value is -1.13. The zero-order chi connectivity index (χ0) is 14.3. The number of rotatable bonds is 5. The van der Waals surface area contributed by atoms with E-state index in [-0.39, 0.29) is 0 Å². The van der Waals surface area contributed by atoms with Gasteiger partial charge in [0.2, 0.25) is 0 Å². The lowest BCUT2D eigenvalue weighted by atomic mass is 10.1. The van der Waals surface area contributed by atoms with Gasteiger partial charge in [0.05, 0.1) is 0 Å². The van der Waals surface area contributed by atoms with Crippen molar-refractivity contribution in [3.8, 4) is 0 Å². The van der Waals surface area contributed by atoms with E-state index >= 15 is 0 Å². The van der Waals surface area contributed by atoms with E-state index in [1.165, 1.54) is 65.0 Å². The molecule has 3 heterocycles. The molecule has 0 bridgehead atoms. The molecule has 0 amide bonds. The Morgan fingerprint density at radius 2 is 1.52 bits per heavy atom. The second-order valence-electron chi connectivity index (χ2n) is 6.27. The summed E-state index contributed by atoms with van der Waals surface area (Å²) in [4.78, 5) is 12.1. The van der Waals surface area contributed by atoms with Gasteiger partial charge in [0.25, 0.3) is 0 Å². The normalized spacial score (nSPS) is 21.6. The zero-order valence-corrected chi connectivity index (χ0v) is 13.1. The Labute approximate surface area is 128 Å². The highest BCUT2D eigenvalue weighted by molar-refractivity contribution is 5.38. The van der Waals surface area contributed by atoms with Crippen molar-refractivity contribution in [1.82, 2.24) is 14.8 Å². The van der Waals surface area contributed by atoms with Crippen LogP contribution in [0, 0.1) is 0 Å². The Kier molecular flexibility index (Phi) is 5.46. The van der Waals surface area contributed by atoms with Crippen molar-refractivity contribution < 1.29 is 0 Å². The molecule has 0 aliphatic carbocycles. The third-order valence-electron chi connectivity index (χ3n) is 4.74. The number of hydrogen-bond acceptors (Lipinski definition) is 4. The molecule has 1 aromatic rings. The van der Waals surface area contributed by atoms with Crippen LogP contribution in [0.1, 0.15) is 25.7 Å². The van der Waals surface area contributed by atoms with Crippen LogP contribution in [0.2, 0.25) is 0 Å². The molecule has 2 saturated heterocycles. The number of likely N-dealkylation sites (tertiary alicyclic amines) is 1. The van der Waals surface area contributed by atoms with Crippen LogP contribution in [0.15, 0.2) is 24.4 Å². The molecule has 4 nitrogen and oxygen atoms in total. The Balaban J connectivity index is 1.34. The molecule has 0 radical (unpaired) electrons. The highest BCUT2D eigenvalue weighted by Gasteiger charge is 2.17. The van der Waals surface area contributed by atoms with Gasteiger partial charge in [-0.2, -0.15) is 0 Å². The fourth-order valence-electron chi connectivity index (χ4n) is 3.44. The molecular weight excluding hydrogens is 260 g/mol. The molecule has 0 unspecified atom stereocenters. The Morgan fingerprint density at radius 3 is 2.19 bits per heavy atom.